The Balaban J connectivity index is 2.23. The lowest BCUT2D eigenvalue weighted by molar-refractivity contribution is -0.138. The SMILES string of the molecule is C[SiH](c1ccc(C(F)(F)F)cc1)c1ccc(C(F)(F)F)cc1. The van der Waals surface area contributed by atoms with Crippen molar-refractivity contribution >= 4 is 19.2 Å². The Hall–Kier alpha value is -1.76. The van der Waals surface area contributed by atoms with E-state index in [4.69, 9.17) is 0 Å². The molecule has 0 aliphatic heterocycles. The molecule has 2 rings (SSSR count). The molecule has 0 saturated carbocycles. The van der Waals surface area contributed by atoms with E-state index < -0.39 is 32.3 Å². The van der Waals surface area contributed by atoms with Crippen molar-refractivity contribution in [1.82, 2.24) is 0 Å². The first-order valence-electron chi connectivity index (χ1n) is 6.43. The van der Waals surface area contributed by atoms with E-state index in [1.54, 1.807) is 0 Å². The van der Waals surface area contributed by atoms with Crippen molar-refractivity contribution in [2.45, 2.75) is 18.9 Å². The van der Waals surface area contributed by atoms with Crippen LogP contribution in [0.5, 0.6) is 0 Å². The number of hydrogen-bond acceptors (Lipinski definition) is 0. The summed E-state index contributed by atoms with van der Waals surface area (Å²) in [6.07, 6.45) is -8.78. The smallest absolute Gasteiger partial charge is 0.166 e. The molecule has 0 amide bonds. The van der Waals surface area contributed by atoms with Crippen LogP contribution in [-0.2, 0) is 12.4 Å². The Labute approximate surface area is 125 Å². The van der Waals surface area contributed by atoms with E-state index in [0.717, 1.165) is 34.6 Å². The van der Waals surface area contributed by atoms with Gasteiger partial charge in [-0.25, -0.2) is 0 Å². The van der Waals surface area contributed by atoms with Crippen LogP contribution < -0.4 is 10.4 Å². The fourth-order valence-corrected chi connectivity index (χ4v) is 4.04. The molecule has 0 bridgehead atoms. The quantitative estimate of drug-likeness (QED) is 0.580. The first kappa shape index (κ1) is 16.6. The second-order valence-corrected chi connectivity index (χ2v) is 7.74. The normalized spacial score (nSPS) is 12.7. The Morgan fingerprint density at radius 2 is 0.864 bits per heavy atom. The topological polar surface area (TPSA) is 0 Å². The lowest BCUT2D eigenvalue weighted by Gasteiger charge is -2.14. The minimum Gasteiger partial charge on any atom is -0.166 e. The molecule has 0 aliphatic rings. The maximum Gasteiger partial charge on any atom is 0.416 e. The third kappa shape index (κ3) is 3.71. The summed E-state index contributed by atoms with van der Waals surface area (Å²) < 4.78 is 75.0. The summed E-state index contributed by atoms with van der Waals surface area (Å²) in [6.45, 7) is 1.87. The van der Waals surface area contributed by atoms with E-state index in [2.05, 4.69) is 0 Å². The second-order valence-electron chi connectivity index (χ2n) is 4.96. The first-order chi connectivity index (χ1) is 10.1. The van der Waals surface area contributed by atoms with Gasteiger partial charge in [-0.15, -0.1) is 0 Å². The molecule has 2 aromatic carbocycles. The highest BCUT2D eigenvalue weighted by atomic mass is 28.3. The van der Waals surface area contributed by atoms with Crippen molar-refractivity contribution < 1.29 is 26.3 Å². The molecule has 0 N–H and O–H groups in total. The van der Waals surface area contributed by atoms with Gasteiger partial charge in [0.25, 0.3) is 0 Å². The average molecular weight is 334 g/mol. The number of halogens is 6. The van der Waals surface area contributed by atoms with Gasteiger partial charge in [-0.2, -0.15) is 26.3 Å². The number of rotatable bonds is 2. The summed E-state index contributed by atoms with van der Waals surface area (Å²) in [5, 5.41) is 1.49. The van der Waals surface area contributed by atoms with Gasteiger partial charge < -0.3 is 0 Å². The molecule has 0 unspecified atom stereocenters. The maximum atomic E-state index is 12.5. The summed E-state index contributed by atoms with van der Waals surface area (Å²) in [7, 11) is -1.80. The molecular weight excluding hydrogens is 322 g/mol. The van der Waals surface area contributed by atoms with Crippen molar-refractivity contribution in [2.75, 3.05) is 0 Å². The van der Waals surface area contributed by atoms with E-state index in [1.165, 1.54) is 24.3 Å². The van der Waals surface area contributed by atoms with Crippen molar-refractivity contribution in [2.24, 2.45) is 0 Å². The monoisotopic (exact) mass is 334 g/mol. The van der Waals surface area contributed by atoms with Crippen LogP contribution in [0.4, 0.5) is 26.3 Å². The Kier molecular flexibility index (Phi) is 4.37. The van der Waals surface area contributed by atoms with E-state index in [-0.39, 0.29) is 0 Å². The molecule has 0 saturated heterocycles. The van der Waals surface area contributed by atoms with Crippen molar-refractivity contribution in [3.8, 4) is 0 Å². The second kappa shape index (κ2) is 5.79. The van der Waals surface area contributed by atoms with Gasteiger partial charge in [0.2, 0.25) is 0 Å². The Morgan fingerprint density at radius 3 is 1.09 bits per heavy atom. The number of alkyl halides is 6. The molecule has 0 aliphatic carbocycles. The van der Waals surface area contributed by atoms with Crippen LogP contribution in [0.3, 0.4) is 0 Å². The van der Waals surface area contributed by atoms with Crippen LogP contribution in [0, 0.1) is 0 Å². The number of hydrogen-bond donors (Lipinski definition) is 0. The van der Waals surface area contributed by atoms with Crippen molar-refractivity contribution in [1.29, 1.82) is 0 Å². The van der Waals surface area contributed by atoms with Crippen LogP contribution in [0.25, 0.3) is 0 Å². The van der Waals surface area contributed by atoms with Crippen LogP contribution in [-0.4, -0.2) is 8.80 Å². The van der Waals surface area contributed by atoms with E-state index >= 15 is 0 Å². The first-order valence-corrected chi connectivity index (χ1v) is 8.74. The molecular formula is C15H12F6Si. The van der Waals surface area contributed by atoms with Gasteiger partial charge in [0.05, 0.1) is 19.9 Å². The van der Waals surface area contributed by atoms with Crippen LogP contribution >= 0.6 is 0 Å². The predicted molar refractivity (Wildman–Crippen MR) is 75.2 cm³/mol. The Bertz CT molecular complexity index is 568. The highest BCUT2D eigenvalue weighted by Gasteiger charge is 2.31. The van der Waals surface area contributed by atoms with Gasteiger partial charge in [-0.1, -0.05) is 65.5 Å². The summed E-state index contributed by atoms with van der Waals surface area (Å²) >= 11 is 0. The zero-order valence-corrected chi connectivity index (χ0v) is 12.6. The lowest BCUT2D eigenvalue weighted by Crippen LogP contribution is -2.39. The van der Waals surface area contributed by atoms with Gasteiger partial charge in [0, 0.05) is 0 Å². The molecule has 0 nitrogen and oxygen atoms in total. The van der Waals surface area contributed by atoms with Gasteiger partial charge in [-0.3, -0.25) is 0 Å². The van der Waals surface area contributed by atoms with E-state index in [9.17, 15) is 26.3 Å². The Morgan fingerprint density at radius 1 is 0.591 bits per heavy atom. The standard InChI is InChI=1S/C15H12F6Si/c1-22(12-6-2-10(3-7-12)14(16,17)18)13-8-4-11(5-9-13)15(19,20)21/h2-9,22H,1H3. The fourth-order valence-electron chi connectivity index (χ4n) is 2.11. The highest BCUT2D eigenvalue weighted by Crippen LogP contribution is 2.29. The summed E-state index contributed by atoms with van der Waals surface area (Å²) in [5.74, 6) is 0. The largest absolute Gasteiger partial charge is 0.416 e. The highest BCUT2D eigenvalue weighted by molar-refractivity contribution is 6.84. The molecule has 0 spiro atoms. The zero-order valence-electron chi connectivity index (χ0n) is 11.5. The molecule has 22 heavy (non-hydrogen) atoms. The summed E-state index contributed by atoms with van der Waals surface area (Å²) in [4.78, 5) is 0. The predicted octanol–water partition coefficient (Wildman–Crippen LogP) is 3.70. The molecule has 0 atom stereocenters. The molecule has 0 aromatic heterocycles. The molecule has 2 aromatic rings. The van der Waals surface area contributed by atoms with Crippen molar-refractivity contribution in [3.05, 3.63) is 59.7 Å². The van der Waals surface area contributed by atoms with Gasteiger partial charge in [-0.05, 0) is 0 Å². The maximum absolute atomic E-state index is 12.5. The van der Waals surface area contributed by atoms with Gasteiger partial charge >= 0.3 is 12.4 Å². The third-order valence-corrected chi connectivity index (χ3v) is 6.25. The summed E-state index contributed by atoms with van der Waals surface area (Å²) in [5.41, 5.74) is -1.46. The summed E-state index contributed by atoms with van der Waals surface area (Å²) in [6, 6.07) is 9.61. The third-order valence-electron chi connectivity index (χ3n) is 3.48. The molecule has 0 radical (unpaired) electrons. The van der Waals surface area contributed by atoms with Crippen LogP contribution in [0.2, 0.25) is 6.55 Å². The average Bonchev–Trinajstić information content (AvgIpc) is 2.45. The van der Waals surface area contributed by atoms with E-state index in [0.29, 0.717) is 0 Å². The van der Waals surface area contributed by atoms with Gasteiger partial charge in [0.1, 0.15) is 0 Å². The van der Waals surface area contributed by atoms with E-state index in [1.807, 2.05) is 6.55 Å². The minimum absolute atomic E-state index is 0.732. The van der Waals surface area contributed by atoms with Crippen LogP contribution in [0.15, 0.2) is 48.5 Å². The van der Waals surface area contributed by atoms with Crippen LogP contribution in [0.1, 0.15) is 11.1 Å². The number of benzene rings is 2. The molecule has 0 heterocycles. The molecule has 7 heteroatoms. The fraction of sp³-hybridized carbons (Fsp3) is 0.200. The van der Waals surface area contributed by atoms with Gasteiger partial charge in [0.15, 0.2) is 0 Å². The van der Waals surface area contributed by atoms with Crippen molar-refractivity contribution in [3.63, 3.8) is 0 Å². The molecule has 118 valence electrons. The minimum atomic E-state index is -4.39. The zero-order chi connectivity index (χ0) is 16.5. The molecule has 0 fully saturated rings. The lowest BCUT2D eigenvalue weighted by atomic mass is 10.2.